The number of anilines is 2. The van der Waals surface area contributed by atoms with Gasteiger partial charge in [-0.1, -0.05) is 11.8 Å². The van der Waals surface area contributed by atoms with Crippen molar-refractivity contribution < 1.29 is 4.74 Å². The van der Waals surface area contributed by atoms with Crippen molar-refractivity contribution in [2.45, 2.75) is 0 Å². The van der Waals surface area contributed by atoms with Crippen molar-refractivity contribution in [2.75, 3.05) is 5.32 Å². The molecule has 5 aromatic rings. The molecule has 0 bridgehead atoms. The van der Waals surface area contributed by atoms with E-state index in [9.17, 15) is 0 Å². The summed E-state index contributed by atoms with van der Waals surface area (Å²) in [7, 11) is 0. The molecule has 0 amide bonds. The van der Waals surface area contributed by atoms with Gasteiger partial charge < -0.3 is 10.1 Å². The molecule has 0 fully saturated rings. The molecular formula is C27H18N4O. The Labute approximate surface area is 185 Å². The van der Waals surface area contributed by atoms with Gasteiger partial charge in [-0.2, -0.15) is 0 Å². The molecule has 0 atom stereocenters. The van der Waals surface area contributed by atoms with E-state index in [-0.39, 0.29) is 0 Å². The molecule has 5 nitrogen and oxygen atoms in total. The fraction of sp³-hybridized carbons (Fsp3) is 0. The molecule has 5 rings (SSSR count). The monoisotopic (exact) mass is 414 g/mol. The highest BCUT2D eigenvalue weighted by Crippen LogP contribution is 2.28. The van der Waals surface area contributed by atoms with Crippen LogP contribution in [0.3, 0.4) is 0 Å². The fourth-order valence-electron chi connectivity index (χ4n) is 3.22. The molecule has 1 N–H and O–H groups in total. The lowest BCUT2D eigenvalue weighted by Crippen LogP contribution is -1.93. The van der Waals surface area contributed by atoms with E-state index >= 15 is 0 Å². The molecule has 3 aromatic heterocycles. The Morgan fingerprint density at radius 1 is 0.688 bits per heavy atom. The molecule has 3 heterocycles. The molecule has 0 unspecified atom stereocenters. The minimum atomic E-state index is 0.751. The van der Waals surface area contributed by atoms with E-state index in [0.29, 0.717) is 0 Å². The van der Waals surface area contributed by atoms with Crippen LogP contribution < -0.4 is 10.1 Å². The van der Waals surface area contributed by atoms with Crippen molar-refractivity contribution in [3.8, 4) is 23.3 Å². The van der Waals surface area contributed by atoms with Crippen LogP contribution in [0.5, 0.6) is 11.5 Å². The molecule has 0 aliphatic rings. The number of rotatable bonds is 4. The number of aromatic nitrogens is 3. The molecule has 0 spiro atoms. The Bertz CT molecular complexity index is 1410. The van der Waals surface area contributed by atoms with Gasteiger partial charge >= 0.3 is 0 Å². The van der Waals surface area contributed by atoms with Gasteiger partial charge in [0.1, 0.15) is 11.5 Å². The summed E-state index contributed by atoms with van der Waals surface area (Å²) in [6.45, 7) is 0. The van der Waals surface area contributed by atoms with Gasteiger partial charge in [0.05, 0.1) is 5.52 Å². The largest absolute Gasteiger partial charge is 0.457 e. The number of pyridine rings is 3. The number of hydrogen-bond acceptors (Lipinski definition) is 5. The van der Waals surface area contributed by atoms with E-state index in [4.69, 9.17) is 4.74 Å². The molecule has 152 valence electrons. The highest BCUT2D eigenvalue weighted by molar-refractivity contribution is 5.93. The number of hydrogen-bond donors (Lipinski definition) is 1. The third-order valence-electron chi connectivity index (χ3n) is 4.77. The van der Waals surface area contributed by atoms with Gasteiger partial charge in [0, 0.05) is 58.9 Å². The van der Waals surface area contributed by atoms with E-state index in [1.54, 1.807) is 31.0 Å². The quantitative estimate of drug-likeness (QED) is 0.368. The second-order valence-corrected chi connectivity index (χ2v) is 7.02. The first-order chi connectivity index (χ1) is 15.8. The summed E-state index contributed by atoms with van der Waals surface area (Å²) in [5.41, 5.74) is 4.61. The molecular weight excluding hydrogens is 396 g/mol. The summed E-state index contributed by atoms with van der Waals surface area (Å²) < 4.78 is 5.84. The first-order valence-corrected chi connectivity index (χ1v) is 10.1. The molecule has 32 heavy (non-hydrogen) atoms. The van der Waals surface area contributed by atoms with E-state index in [2.05, 4.69) is 38.2 Å². The van der Waals surface area contributed by atoms with Gasteiger partial charge in [-0.25, -0.2) is 0 Å². The Balaban J connectivity index is 1.38. The van der Waals surface area contributed by atoms with Crippen LogP contribution in [0.1, 0.15) is 11.1 Å². The maximum absolute atomic E-state index is 5.84. The molecule has 0 aliphatic carbocycles. The summed E-state index contributed by atoms with van der Waals surface area (Å²) in [6.07, 6.45) is 8.70. The Morgan fingerprint density at radius 2 is 1.50 bits per heavy atom. The summed E-state index contributed by atoms with van der Waals surface area (Å²) in [5, 5.41) is 4.48. The van der Waals surface area contributed by atoms with Crippen LogP contribution in [-0.4, -0.2) is 15.0 Å². The van der Waals surface area contributed by atoms with Crippen molar-refractivity contribution >= 4 is 22.3 Å². The number of nitrogens with one attached hydrogen (secondary N) is 1. The van der Waals surface area contributed by atoms with Gasteiger partial charge in [0.2, 0.25) is 0 Å². The second kappa shape index (κ2) is 8.99. The predicted molar refractivity (Wildman–Crippen MR) is 126 cm³/mol. The van der Waals surface area contributed by atoms with Crippen LogP contribution >= 0.6 is 0 Å². The predicted octanol–water partition coefficient (Wildman–Crippen LogP) is 5.96. The number of fused-ring (bicyclic) bond motifs is 1. The maximum atomic E-state index is 5.84. The van der Waals surface area contributed by atoms with E-state index < -0.39 is 0 Å². The van der Waals surface area contributed by atoms with Crippen LogP contribution in [0.4, 0.5) is 11.4 Å². The van der Waals surface area contributed by atoms with Crippen LogP contribution in [-0.2, 0) is 0 Å². The smallest absolute Gasteiger partial charge is 0.130 e. The Morgan fingerprint density at radius 3 is 2.31 bits per heavy atom. The summed E-state index contributed by atoms with van der Waals surface area (Å²) in [4.78, 5) is 12.6. The fourth-order valence-corrected chi connectivity index (χ4v) is 3.22. The third kappa shape index (κ3) is 4.55. The maximum Gasteiger partial charge on any atom is 0.130 e. The summed E-state index contributed by atoms with van der Waals surface area (Å²) in [6, 6.07) is 23.3. The molecule has 5 heteroatoms. The molecule has 0 aliphatic heterocycles. The first-order valence-electron chi connectivity index (χ1n) is 10.1. The molecule has 2 aromatic carbocycles. The van der Waals surface area contributed by atoms with Crippen molar-refractivity contribution in [1.82, 2.24) is 15.0 Å². The lowest BCUT2D eigenvalue weighted by molar-refractivity contribution is 0.482. The lowest BCUT2D eigenvalue weighted by Gasteiger charge is -2.11. The van der Waals surface area contributed by atoms with Gasteiger partial charge in [-0.15, -0.1) is 0 Å². The summed E-state index contributed by atoms with van der Waals surface area (Å²) in [5.74, 6) is 7.87. The SMILES string of the molecule is C(#Cc1ccc2nccc(Nc3ccc(Oc4ccncc4)cc3)c2c1)c1cccnc1. The molecule has 0 saturated heterocycles. The molecule has 0 radical (unpaired) electrons. The zero-order chi connectivity index (χ0) is 21.6. The van der Waals surface area contributed by atoms with E-state index in [1.165, 1.54) is 0 Å². The third-order valence-corrected chi connectivity index (χ3v) is 4.77. The minimum absolute atomic E-state index is 0.751. The van der Waals surface area contributed by atoms with Crippen LogP contribution in [0.2, 0.25) is 0 Å². The average Bonchev–Trinajstić information content (AvgIpc) is 2.85. The van der Waals surface area contributed by atoms with Gasteiger partial charge in [-0.3, -0.25) is 15.0 Å². The van der Waals surface area contributed by atoms with Gasteiger partial charge in [0.15, 0.2) is 0 Å². The van der Waals surface area contributed by atoms with E-state index in [0.717, 1.165) is 44.9 Å². The Hall–Kier alpha value is -4.69. The van der Waals surface area contributed by atoms with Crippen molar-refractivity contribution in [3.63, 3.8) is 0 Å². The van der Waals surface area contributed by atoms with E-state index in [1.807, 2.05) is 66.7 Å². The lowest BCUT2D eigenvalue weighted by atomic mass is 10.1. The van der Waals surface area contributed by atoms with Gasteiger partial charge in [-0.05, 0) is 72.8 Å². The number of ether oxygens (including phenoxy) is 1. The van der Waals surface area contributed by atoms with Crippen molar-refractivity contribution in [2.24, 2.45) is 0 Å². The highest BCUT2D eigenvalue weighted by Gasteiger charge is 2.04. The zero-order valence-corrected chi connectivity index (χ0v) is 17.1. The highest BCUT2D eigenvalue weighted by atomic mass is 16.5. The first kappa shape index (κ1) is 19.3. The van der Waals surface area contributed by atoms with Crippen molar-refractivity contribution in [3.05, 3.63) is 115 Å². The summed E-state index contributed by atoms with van der Waals surface area (Å²) >= 11 is 0. The number of benzene rings is 2. The van der Waals surface area contributed by atoms with Crippen molar-refractivity contribution in [1.29, 1.82) is 0 Å². The van der Waals surface area contributed by atoms with Crippen LogP contribution in [0.25, 0.3) is 10.9 Å². The number of nitrogens with zero attached hydrogens (tertiary/aromatic N) is 3. The standard InChI is InChI=1S/C27H18N4O/c1-2-21(19-29-14-1)4-3-20-5-10-26-25(18-20)27(13-17-30-26)31-22-6-8-23(9-7-22)32-24-11-15-28-16-12-24/h1-2,5-19H,(H,30,31). The second-order valence-electron chi connectivity index (χ2n) is 7.02. The topological polar surface area (TPSA) is 59.9 Å². The van der Waals surface area contributed by atoms with Crippen LogP contribution in [0, 0.1) is 11.8 Å². The van der Waals surface area contributed by atoms with Crippen LogP contribution in [0.15, 0.2) is 104 Å². The zero-order valence-electron chi connectivity index (χ0n) is 17.1. The average molecular weight is 414 g/mol. The molecule has 0 saturated carbocycles. The minimum Gasteiger partial charge on any atom is -0.457 e. The normalized spacial score (nSPS) is 10.2. The Kier molecular flexibility index (Phi) is 5.41. The van der Waals surface area contributed by atoms with Gasteiger partial charge in [0.25, 0.3) is 0 Å².